The Balaban J connectivity index is 1.59. The number of nitrogens with one attached hydrogen (secondary N) is 2. The Kier molecular flexibility index (Phi) is 7.34. The number of aromatic nitrogens is 1. The van der Waals surface area contributed by atoms with Gasteiger partial charge in [-0.25, -0.2) is 0 Å². The summed E-state index contributed by atoms with van der Waals surface area (Å²) in [5.74, 6) is -0.253. The summed E-state index contributed by atoms with van der Waals surface area (Å²) in [6.07, 6.45) is 0. The lowest BCUT2D eigenvalue weighted by atomic mass is 9.92. The Morgan fingerprint density at radius 2 is 1.68 bits per heavy atom. The number of carbonyl (C=O) groups is 2. The van der Waals surface area contributed by atoms with Crippen molar-refractivity contribution in [1.29, 1.82) is 0 Å². The van der Waals surface area contributed by atoms with E-state index in [1.807, 2.05) is 43.3 Å². The molecule has 4 aromatic rings. The van der Waals surface area contributed by atoms with Gasteiger partial charge < -0.3 is 20.1 Å². The van der Waals surface area contributed by atoms with Crippen molar-refractivity contribution in [2.75, 3.05) is 26.2 Å². The van der Waals surface area contributed by atoms with Crippen molar-refractivity contribution in [3.05, 3.63) is 95.1 Å². The number of hydrogen-bond donors (Lipinski definition) is 2. The number of fused-ring (bicyclic) bond motifs is 2. The molecule has 5 rings (SSSR count). The molecule has 0 bridgehead atoms. The molecule has 2 heterocycles. The van der Waals surface area contributed by atoms with Crippen molar-refractivity contribution in [2.24, 2.45) is 0 Å². The minimum atomic E-state index is -0.642. The van der Waals surface area contributed by atoms with E-state index in [1.165, 1.54) is 5.56 Å². The van der Waals surface area contributed by atoms with Crippen LogP contribution in [0.1, 0.15) is 53.9 Å². The van der Waals surface area contributed by atoms with Crippen LogP contribution in [0.4, 0.5) is 0 Å². The molecule has 6 heteroatoms. The Labute approximate surface area is 224 Å². The van der Waals surface area contributed by atoms with E-state index in [2.05, 4.69) is 72.4 Å². The predicted octanol–water partition coefficient (Wildman–Crippen LogP) is 5.54. The summed E-state index contributed by atoms with van der Waals surface area (Å²) >= 11 is 0. The van der Waals surface area contributed by atoms with E-state index in [0.29, 0.717) is 12.1 Å². The van der Waals surface area contributed by atoms with Crippen LogP contribution in [-0.2, 0) is 4.79 Å². The maximum atomic E-state index is 13.9. The quantitative estimate of drug-likeness (QED) is 0.312. The van der Waals surface area contributed by atoms with Crippen LogP contribution in [0.25, 0.3) is 22.2 Å². The van der Waals surface area contributed by atoms with Crippen molar-refractivity contribution in [2.45, 2.75) is 39.8 Å². The Morgan fingerprint density at radius 3 is 2.42 bits per heavy atom. The smallest absolute Gasteiger partial charge is 0.255 e. The minimum absolute atomic E-state index is 0.114. The first-order valence-corrected chi connectivity index (χ1v) is 13.5. The highest BCUT2D eigenvalue weighted by molar-refractivity contribution is 6.04. The average molecular weight is 509 g/mol. The first-order valence-electron chi connectivity index (χ1n) is 13.5. The molecule has 3 aromatic carbocycles. The molecule has 196 valence electrons. The molecule has 2 atom stereocenters. The number of aromatic amines is 1. The molecule has 1 aromatic heterocycles. The van der Waals surface area contributed by atoms with E-state index in [4.69, 9.17) is 0 Å². The molecular weight excluding hydrogens is 472 g/mol. The van der Waals surface area contributed by atoms with E-state index < -0.39 is 12.1 Å². The number of aryl methyl sites for hydroxylation is 1. The molecule has 0 unspecified atom stereocenters. The molecule has 1 aliphatic heterocycles. The SMILES string of the molecule is CCN(CC)CCNC(=O)[C@@H](C)N1C(=O)c2ccccc2[C@@H]1c1c(-c2ccc(C)cc2)[nH]c2ccccc12. The van der Waals surface area contributed by atoms with Crippen molar-refractivity contribution in [1.82, 2.24) is 20.1 Å². The third-order valence-electron chi connectivity index (χ3n) is 7.78. The molecule has 0 aliphatic carbocycles. The Hall–Kier alpha value is -3.90. The van der Waals surface area contributed by atoms with Crippen molar-refractivity contribution in [3.8, 4) is 11.3 Å². The van der Waals surface area contributed by atoms with E-state index in [-0.39, 0.29) is 11.8 Å². The molecule has 0 saturated heterocycles. The number of nitrogens with zero attached hydrogens (tertiary/aromatic N) is 2. The van der Waals surface area contributed by atoms with Crippen LogP contribution in [0.2, 0.25) is 0 Å². The van der Waals surface area contributed by atoms with Crippen LogP contribution in [0.3, 0.4) is 0 Å². The van der Waals surface area contributed by atoms with Gasteiger partial charge in [-0.1, -0.05) is 80.1 Å². The monoisotopic (exact) mass is 508 g/mol. The lowest BCUT2D eigenvalue weighted by Crippen LogP contribution is -2.48. The number of likely N-dealkylation sites (N-methyl/N-ethyl adjacent to an activating group) is 1. The highest BCUT2D eigenvalue weighted by Crippen LogP contribution is 2.46. The van der Waals surface area contributed by atoms with Gasteiger partial charge in [0.05, 0.1) is 11.7 Å². The van der Waals surface area contributed by atoms with E-state index in [1.54, 1.807) is 4.90 Å². The number of hydrogen-bond acceptors (Lipinski definition) is 3. The Bertz CT molecular complexity index is 1450. The number of amides is 2. The standard InChI is InChI=1S/C32H36N4O2/c1-5-35(6-2)20-19-33-31(37)22(4)36-30(24-11-7-8-12-25(24)32(36)38)28-26-13-9-10-14-27(26)34-29(28)23-17-15-21(3)16-18-23/h7-18,22,30,34H,5-6,19-20H2,1-4H3,(H,33,37)/t22-,30-/m1/s1. The molecule has 38 heavy (non-hydrogen) atoms. The van der Waals surface area contributed by atoms with Gasteiger partial charge in [-0.05, 0) is 50.2 Å². The molecule has 1 aliphatic rings. The largest absolute Gasteiger partial charge is 0.354 e. The van der Waals surface area contributed by atoms with Gasteiger partial charge in [0.1, 0.15) is 6.04 Å². The average Bonchev–Trinajstić information content (AvgIpc) is 3.46. The Morgan fingerprint density at radius 1 is 1.00 bits per heavy atom. The fourth-order valence-corrected chi connectivity index (χ4v) is 5.58. The number of rotatable bonds is 9. The van der Waals surface area contributed by atoms with Crippen LogP contribution >= 0.6 is 0 Å². The molecule has 0 spiro atoms. The van der Waals surface area contributed by atoms with E-state index in [0.717, 1.165) is 52.9 Å². The van der Waals surface area contributed by atoms with Gasteiger partial charge in [-0.2, -0.15) is 0 Å². The highest BCUT2D eigenvalue weighted by Gasteiger charge is 2.44. The third kappa shape index (κ3) is 4.61. The van der Waals surface area contributed by atoms with Crippen LogP contribution in [-0.4, -0.2) is 58.8 Å². The van der Waals surface area contributed by atoms with E-state index >= 15 is 0 Å². The van der Waals surface area contributed by atoms with Gasteiger partial charge in [-0.3, -0.25) is 9.59 Å². The molecule has 0 saturated carbocycles. The fraction of sp³-hybridized carbons (Fsp3) is 0.312. The third-order valence-corrected chi connectivity index (χ3v) is 7.78. The molecule has 0 fully saturated rings. The van der Waals surface area contributed by atoms with Crippen molar-refractivity contribution >= 4 is 22.7 Å². The van der Waals surface area contributed by atoms with E-state index in [9.17, 15) is 9.59 Å². The van der Waals surface area contributed by atoms with Gasteiger partial charge >= 0.3 is 0 Å². The van der Waals surface area contributed by atoms with Crippen LogP contribution in [0.15, 0.2) is 72.8 Å². The number of H-pyrrole nitrogens is 1. The molecule has 2 amide bonds. The topological polar surface area (TPSA) is 68.4 Å². The van der Waals surface area contributed by atoms with Gasteiger partial charge in [0.15, 0.2) is 0 Å². The summed E-state index contributed by atoms with van der Waals surface area (Å²) in [6.45, 7) is 11.3. The summed E-state index contributed by atoms with van der Waals surface area (Å²) in [4.78, 5) is 35.0. The summed E-state index contributed by atoms with van der Waals surface area (Å²) in [5.41, 5.74) is 6.81. The van der Waals surface area contributed by atoms with Gasteiger partial charge in [-0.15, -0.1) is 0 Å². The molecule has 6 nitrogen and oxygen atoms in total. The maximum absolute atomic E-state index is 13.9. The minimum Gasteiger partial charge on any atom is -0.354 e. The summed E-state index contributed by atoms with van der Waals surface area (Å²) in [7, 11) is 0. The number of para-hydroxylation sites is 1. The summed E-state index contributed by atoms with van der Waals surface area (Å²) < 4.78 is 0. The molecular formula is C32H36N4O2. The van der Waals surface area contributed by atoms with Crippen LogP contribution in [0, 0.1) is 6.92 Å². The maximum Gasteiger partial charge on any atom is 0.255 e. The van der Waals surface area contributed by atoms with Gasteiger partial charge in [0, 0.05) is 35.1 Å². The summed E-state index contributed by atoms with van der Waals surface area (Å²) in [6, 6.07) is 23.3. The predicted molar refractivity (Wildman–Crippen MR) is 153 cm³/mol. The van der Waals surface area contributed by atoms with Crippen LogP contribution in [0.5, 0.6) is 0 Å². The zero-order valence-corrected chi connectivity index (χ0v) is 22.6. The normalized spacial score (nSPS) is 15.8. The van der Waals surface area contributed by atoms with Crippen molar-refractivity contribution in [3.63, 3.8) is 0 Å². The zero-order chi connectivity index (χ0) is 26.8. The van der Waals surface area contributed by atoms with Crippen LogP contribution < -0.4 is 5.32 Å². The fourth-order valence-electron chi connectivity index (χ4n) is 5.58. The molecule has 2 N–H and O–H groups in total. The summed E-state index contributed by atoms with van der Waals surface area (Å²) in [5, 5.41) is 4.13. The molecule has 0 radical (unpaired) electrons. The lowest BCUT2D eigenvalue weighted by Gasteiger charge is -2.31. The second-order valence-electron chi connectivity index (χ2n) is 10.0. The van der Waals surface area contributed by atoms with Gasteiger partial charge in [0.25, 0.3) is 5.91 Å². The zero-order valence-electron chi connectivity index (χ0n) is 22.6. The first-order chi connectivity index (χ1) is 18.4. The second kappa shape index (κ2) is 10.8. The highest BCUT2D eigenvalue weighted by atomic mass is 16.2. The first kappa shape index (κ1) is 25.7. The number of benzene rings is 3. The lowest BCUT2D eigenvalue weighted by molar-refractivity contribution is -0.125. The number of carbonyl (C=O) groups excluding carboxylic acids is 2. The second-order valence-corrected chi connectivity index (χ2v) is 10.0. The van der Waals surface area contributed by atoms with Crippen molar-refractivity contribution < 1.29 is 9.59 Å². The van der Waals surface area contributed by atoms with Gasteiger partial charge in [0.2, 0.25) is 5.91 Å².